The Kier molecular flexibility index (Phi) is 7.13. The maximum atomic E-state index is 11.4. The van der Waals surface area contributed by atoms with Crippen LogP contribution in [0, 0.1) is 5.92 Å². The van der Waals surface area contributed by atoms with E-state index < -0.39 is 17.9 Å². The van der Waals surface area contributed by atoms with Gasteiger partial charge in [-0.25, -0.2) is 14.6 Å². The summed E-state index contributed by atoms with van der Waals surface area (Å²) in [4.78, 5) is 21.8. The highest BCUT2D eigenvalue weighted by atomic mass is 17.2. The van der Waals surface area contributed by atoms with E-state index in [2.05, 4.69) is 6.58 Å². The standard InChI is InChI=1S/C13H24O5/c1-8-16-12(14)10(4)11(5)17-18-13(6,15-7)9(2)3/h9,11H,4,8H2,1-3,5-7H3. The Morgan fingerprint density at radius 1 is 1.33 bits per heavy atom. The highest BCUT2D eigenvalue weighted by Gasteiger charge is 2.32. The zero-order valence-electron chi connectivity index (χ0n) is 12.1. The highest BCUT2D eigenvalue weighted by molar-refractivity contribution is 5.88. The van der Waals surface area contributed by atoms with Crippen LogP contribution in [0.2, 0.25) is 0 Å². The first-order chi connectivity index (χ1) is 8.28. The first kappa shape index (κ1) is 17.1. The number of methoxy groups -OCH3 is 1. The average Bonchev–Trinajstić information content (AvgIpc) is 2.34. The van der Waals surface area contributed by atoms with E-state index in [-0.39, 0.29) is 11.5 Å². The molecule has 0 aromatic rings. The second-order valence-electron chi connectivity index (χ2n) is 4.44. The van der Waals surface area contributed by atoms with E-state index in [1.165, 1.54) is 7.11 Å². The van der Waals surface area contributed by atoms with Crippen molar-refractivity contribution in [2.45, 2.75) is 46.5 Å². The molecule has 5 nitrogen and oxygen atoms in total. The summed E-state index contributed by atoms with van der Waals surface area (Å²) in [7, 11) is 1.54. The second kappa shape index (κ2) is 7.51. The maximum absolute atomic E-state index is 11.4. The van der Waals surface area contributed by atoms with E-state index in [1.54, 1.807) is 20.8 Å². The van der Waals surface area contributed by atoms with Crippen molar-refractivity contribution in [2.24, 2.45) is 5.92 Å². The van der Waals surface area contributed by atoms with Gasteiger partial charge in [-0.15, -0.1) is 0 Å². The summed E-state index contributed by atoms with van der Waals surface area (Å²) in [6.07, 6.45) is -0.600. The molecule has 0 N–H and O–H groups in total. The SMILES string of the molecule is C=C(C(=O)OCC)C(C)OOC(C)(OC)C(C)C. The van der Waals surface area contributed by atoms with Gasteiger partial charge in [-0.1, -0.05) is 20.4 Å². The topological polar surface area (TPSA) is 54.0 Å². The van der Waals surface area contributed by atoms with Gasteiger partial charge in [0.25, 0.3) is 0 Å². The third-order valence-electron chi connectivity index (χ3n) is 2.84. The van der Waals surface area contributed by atoms with Gasteiger partial charge in [0.1, 0.15) is 6.10 Å². The number of esters is 1. The van der Waals surface area contributed by atoms with E-state index in [9.17, 15) is 4.79 Å². The van der Waals surface area contributed by atoms with Crippen LogP contribution in [0.4, 0.5) is 0 Å². The summed E-state index contributed by atoms with van der Waals surface area (Å²) in [5, 5.41) is 0. The number of ether oxygens (including phenoxy) is 2. The maximum Gasteiger partial charge on any atom is 0.336 e. The Labute approximate surface area is 109 Å². The molecule has 5 heteroatoms. The molecule has 18 heavy (non-hydrogen) atoms. The van der Waals surface area contributed by atoms with E-state index in [1.807, 2.05) is 13.8 Å². The van der Waals surface area contributed by atoms with E-state index in [0.29, 0.717) is 6.61 Å². The minimum atomic E-state index is -0.872. The molecule has 0 bridgehead atoms. The van der Waals surface area contributed by atoms with Crippen molar-refractivity contribution in [1.82, 2.24) is 0 Å². The molecule has 0 saturated carbocycles. The number of hydrogen-bond acceptors (Lipinski definition) is 5. The molecule has 0 saturated heterocycles. The Balaban J connectivity index is 4.37. The molecule has 0 rings (SSSR count). The third-order valence-corrected chi connectivity index (χ3v) is 2.84. The van der Waals surface area contributed by atoms with Crippen molar-refractivity contribution in [3.8, 4) is 0 Å². The predicted octanol–water partition coefficient (Wildman–Crippen LogP) is 2.46. The van der Waals surface area contributed by atoms with Gasteiger partial charge in [-0.3, -0.25) is 0 Å². The fourth-order valence-corrected chi connectivity index (χ4v) is 0.981. The van der Waals surface area contributed by atoms with Crippen LogP contribution in [0.25, 0.3) is 0 Å². The van der Waals surface area contributed by atoms with Gasteiger partial charge in [0.05, 0.1) is 12.2 Å². The third kappa shape index (κ3) is 4.76. The molecular formula is C13H24O5. The number of carbonyl (C=O) groups is 1. The van der Waals surface area contributed by atoms with Gasteiger partial charge >= 0.3 is 5.97 Å². The lowest BCUT2D eigenvalue weighted by Crippen LogP contribution is -2.38. The van der Waals surface area contributed by atoms with Crippen molar-refractivity contribution in [2.75, 3.05) is 13.7 Å². The Hall–Kier alpha value is -0.910. The van der Waals surface area contributed by atoms with Gasteiger partial charge in [0.15, 0.2) is 0 Å². The monoisotopic (exact) mass is 260 g/mol. The molecule has 0 amide bonds. The second-order valence-corrected chi connectivity index (χ2v) is 4.44. The molecular weight excluding hydrogens is 236 g/mol. The predicted molar refractivity (Wildman–Crippen MR) is 67.7 cm³/mol. The molecule has 0 aromatic heterocycles. The van der Waals surface area contributed by atoms with Crippen molar-refractivity contribution < 1.29 is 24.0 Å². The van der Waals surface area contributed by atoms with Crippen LogP contribution in [-0.4, -0.2) is 31.6 Å². The average molecular weight is 260 g/mol. The van der Waals surface area contributed by atoms with Crippen LogP contribution in [0.5, 0.6) is 0 Å². The van der Waals surface area contributed by atoms with Gasteiger partial charge < -0.3 is 9.47 Å². The fourth-order valence-electron chi connectivity index (χ4n) is 0.981. The normalized spacial score (nSPS) is 16.2. The summed E-state index contributed by atoms with van der Waals surface area (Å²) in [5.74, 6) is -1.27. The minimum Gasteiger partial charge on any atom is -0.463 e. The zero-order chi connectivity index (χ0) is 14.3. The van der Waals surface area contributed by atoms with Gasteiger partial charge in [-0.2, -0.15) is 0 Å². The zero-order valence-corrected chi connectivity index (χ0v) is 12.1. The summed E-state index contributed by atoms with van der Waals surface area (Å²) in [6.45, 7) is 13.0. The van der Waals surface area contributed by atoms with Crippen LogP contribution in [-0.2, 0) is 24.0 Å². The van der Waals surface area contributed by atoms with Crippen molar-refractivity contribution in [3.05, 3.63) is 12.2 Å². The van der Waals surface area contributed by atoms with Crippen molar-refractivity contribution in [3.63, 3.8) is 0 Å². The number of carbonyl (C=O) groups excluding carboxylic acids is 1. The molecule has 0 aliphatic carbocycles. The summed E-state index contributed by atoms with van der Waals surface area (Å²) in [6, 6.07) is 0. The van der Waals surface area contributed by atoms with Crippen LogP contribution in [0.1, 0.15) is 34.6 Å². The lowest BCUT2D eigenvalue weighted by Gasteiger charge is -2.31. The molecule has 2 unspecified atom stereocenters. The molecule has 0 aliphatic heterocycles. The highest BCUT2D eigenvalue weighted by Crippen LogP contribution is 2.23. The fraction of sp³-hybridized carbons (Fsp3) is 0.769. The number of hydrogen-bond donors (Lipinski definition) is 0. The van der Waals surface area contributed by atoms with Crippen LogP contribution in [0.15, 0.2) is 12.2 Å². The Morgan fingerprint density at radius 2 is 1.89 bits per heavy atom. The van der Waals surface area contributed by atoms with E-state index >= 15 is 0 Å². The van der Waals surface area contributed by atoms with Crippen LogP contribution >= 0.6 is 0 Å². The number of rotatable bonds is 8. The molecule has 0 aromatic carbocycles. The molecule has 0 heterocycles. The largest absolute Gasteiger partial charge is 0.463 e. The van der Waals surface area contributed by atoms with E-state index in [0.717, 1.165) is 0 Å². The Morgan fingerprint density at radius 3 is 2.28 bits per heavy atom. The van der Waals surface area contributed by atoms with Crippen molar-refractivity contribution >= 4 is 5.97 Å². The smallest absolute Gasteiger partial charge is 0.336 e. The summed E-state index contributed by atoms with van der Waals surface area (Å²) < 4.78 is 10.1. The van der Waals surface area contributed by atoms with Crippen LogP contribution < -0.4 is 0 Å². The summed E-state index contributed by atoms with van der Waals surface area (Å²) >= 11 is 0. The summed E-state index contributed by atoms with van der Waals surface area (Å²) in [5.41, 5.74) is 0.207. The first-order valence-electron chi connectivity index (χ1n) is 6.04. The molecule has 0 fully saturated rings. The van der Waals surface area contributed by atoms with Gasteiger partial charge in [0.2, 0.25) is 5.79 Å². The first-order valence-corrected chi connectivity index (χ1v) is 6.04. The van der Waals surface area contributed by atoms with Gasteiger partial charge in [0, 0.05) is 13.0 Å². The van der Waals surface area contributed by atoms with Crippen LogP contribution in [0.3, 0.4) is 0 Å². The molecule has 2 atom stereocenters. The Bertz CT molecular complexity index is 287. The lowest BCUT2D eigenvalue weighted by atomic mass is 10.1. The molecule has 106 valence electrons. The molecule has 0 spiro atoms. The quantitative estimate of drug-likeness (QED) is 0.221. The lowest BCUT2D eigenvalue weighted by molar-refractivity contribution is -0.440. The molecule has 0 radical (unpaired) electrons. The van der Waals surface area contributed by atoms with Crippen molar-refractivity contribution in [1.29, 1.82) is 0 Å². The van der Waals surface area contributed by atoms with Gasteiger partial charge in [-0.05, 0) is 20.8 Å². The molecule has 0 aliphatic rings. The minimum absolute atomic E-state index is 0.0885. The van der Waals surface area contributed by atoms with E-state index in [4.69, 9.17) is 19.2 Å².